The van der Waals surface area contributed by atoms with E-state index in [1.807, 2.05) is 0 Å². The summed E-state index contributed by atoms with van der Waals surface area (Å²) in [7, 11) is 1.40. The first-order chi connectivity index (χ1) is 11.9. The summed E-state index contributed by atoms with van der Waals surface area (Å²) in [5, 5.41) is 12.2. The van der Waals surface area contributed by atoms with Gasteiger partial charge in [-0.1, -0.05) is 12.2 Å². The topological polar surface area (TPSA) is 95.9 Å². The third kappa shape index (κ3) is 3.60. The average Bonchev–Trinajstić information content (AvgIpc) is 2.58. The normalized spacial score (nSPS) is 16.0. The number of phenols is 1. The van der Waals surface area contributed by atoms with Gasteiger partial charge in [0.05, 0.1) is 7.11 Å². The fourth-order valence-electron chi connectivity index (χ4n) is 2.39. The maximum absolute atomic E-state index is 12.4. The standard InChI is InChI=1S/C18H18N2O5/c1-4-6-12-8-11(10-14(25-3)15(12)21)9-13-16(22)19-18(24)20(7-5-2)17(13)23/h4-5,8-10,21H,1-2,6-7H2,3H3,(H,19,22,24)/b13-9-. The number of phenolic OH excluding ortho intramolecular Hbond substituents is 1. The summed E-state index contributed by atoms with van der Waals surface area (Å²) in [6.07, 6.45) is 4.71. The van der Waals surface area contributed by atoms with Gasteiger partial charge in [0, 0.05) is 12.1 Å². The van der Waals surface area contributed by atoms with Crippen LogP contribution in [0.15, 0.2) is 43.0 Å². The third-order valence-electron chi connectivity index (χ3n) is 3.57. The Bertz CT molecular complexity index is 795. The van der Waals surface area contributed by atoms with Crippen LogP contribution in [0.25, 0.3) is 6.08 Å². The summed E-state index contributed by atoms with van der Waals surface area (Å²) in [6, 6.07) is 2.31. The molecule has 0 saturated carbocycles. The Morgan fingerprint density at radius 1 is 1.24 bits per heavy atom. The highest BCUT2D eigenvalue weighted by atomic mass is 16.5. The van der Waals surface area contributed by atoms with Crippen LogP contribution >= 0.6 is 0 Å². The predicted octanol–water partition coefficient (Wildman–Crippen LogP) is 1.78. The summed E-state index contributed by atoms with van der Waals surface area (Å²) < 4.78 is 5.12. The van der Waals surface area contributed by atoms with Crippen LogP contribution < -0.4 is 10.1 Å². The van der Waals surface area contributed by atoms with Crippen molar-refractivity contribution in [3.8, 4) is 11.5 Å². The number of amides is 4. The van der Waals surface area contributed by atoms with Crippen molar-refractivity contribution in [1.82, 2.24) is 10.2 Å². The van der Waals surface area contributed by atoms with E-state index in [1.54, 1.807) is 12.1 Å². The van der Waals surface area contributed by atoms with Gasteiger partial charge in [-0.25, -0.2) is 4.79 Å². The minimum Gasteiger partial charge on any atom is -0.504 e. The summed E-state index contributed by atoms with van der Waals surface area (Å²) in [4.78, 5) is 37.0. The quantitative estimate of drug-likeness (QED) is 0.467. The molecule has 2 N–H and O–H groups in total. The molecule has 1 fully saturated rings. The zero-order chi connectivity index (χ0) is 18.6. The minimum atomic E-state index is -0.789. The molecule has 7 heteroatoms. The Hall–Kier alpha value is -3.35. The van der Waals surface area contributed by atoms with Crippen molar-refractivity contribution >= 4 is 23.9 Å². The van der Waals surface area contributed by atoms with Crippen LogP contribution in [0.4, 0.5) is 4.79 Å². The smallest absolute Gasteiger partial charge is 0.331 e. The molecule has 4 amide bonds. The fourth-order valence-corrected chi connectivity index (χ4v) is 2.39. The van der Waals surface area contributed by atoms with Crippen LogP contribution in [-0.4, -0.2) is 41.5 Å². The van der Waals surface area contributed by atoms with E-state index in [0.717, 1.165) is 4.90 Å². The summed E-state index contributed by atoms with van der Waals surface area (Å²) in [5.74, 6) is -1.33. The van der Waals surface area contributed by atoms with Gasteiger partial charge < -0.3 is 9.84 Å². The van der Waals surface area contributed by atoms with E-state index < -0.39 is 17.8 Å². The molecule has 1 aliphatic heterocycles. The van der Waals surface area contributed by atoms with Gasteiger partial charge in [-0.3, -0.25) is 19.8 Å². The zero-order valence-electron chi connectivity index (χ0n) is 13.7. The number of carbonyl (C=O) groups excluding carboxylic acids is 3. The van der Waals surface area contributed by atoms with E-state index in [2.05, 4.69) is 18.5 Å². The number of rotatable bonds is 6. The second kappa shape index (κ2) is 7.48. The number of barbiturate groups is 1. The number of allylic oxidation sites excluding steroid dienone is 1. The first kappa shape index (κ1) is 18.0. The van der Waals surface area contributed by atoms with Gasteiger partial charge in [0.2, 0.25) is 0 Å². The maximum Gasteiger partial charge on any atom is 0.331 e. The number of urea groups is 1. The van der Waals surface area contributed by atoms with Crippen molar-refractivity contribution in [1.29, 1.82) is 0 Å². The van der Waals surface area contributed by atoms with E-state index in [1.165, 1.54) is 25.3 Å². The highest BCUT2D eigenvalue weighted by Crippen LogP contribution is 2.33. The lowest BCUT2D eigenvalue weighted by Gasteiger charge is -2.25. The molecule has 130 valence electrons. The number of imide groups is 2. The number of nitrogens with zero attached hydrogens (tertiary/aromatic N) is 1. The molecular formula is C18H18N2O5. The number of hydrogen-bond donors (Lipinski definition) is 2. The largest absolute Gasteiger partial charge is 0.504 e. The van der Waals surface area contributed by atoms with Gasteiger partial charge in [-0.05, 0) is 30.2 Å². The lowest BCUT2D eigenvalue weighted by Crippen LogP contribution is -2.54. The van der Waals surface area contributed by atoms with Crippen LogP contribution in [0.2, 0.25) is 0 Å². The monoisotopic (exact) mass is 342 g/mol. The van der Waals surface area contributed by atoms with Gasteiger partial charge in [0.25, 0.3) is 11.8 Å². The molecule has 2 rings (SSSR count). The Morgan fingerprint density at radius 2 is 1.96 bits per heavy atom. The van der Waals surface area contributed by atoms with Crippen molar-refractivity contribution < 1.29 is 24.2 Å². The molecule has 0 unspecified atom stereocenters. The van der Waals surface area contributed by atoms with Crippen molar-refractivity contribution in [2.75, 3.05) is 13.7 Å². The van der Waals surface area contributed by atoms with Crippen molar-refractivity contribution in [3.05, 3.63) is 54.1 Å². The molecular weight excluding hydrogens is 324 g/mol. The predicted molar refractivity (Wildman–Crippen MR) is 92.0 cm³/mol. The minimum absolute atomic E-state index is 0.0180. The number of ether oxygens (including phenoxy) is 1. The van der Waals surface area contributed by atoms with Crippen LogP contribution in [0.1, 0.15) is 11.1 Å². The van der Waals surface area contributed by atoms with Gasteiger partial charge in [0.15, 0.2) is 11.5 Å². The molecule has 0 radical (unpaired) electrons. The number of benzene rings is 1. The zero-order valence-corrected chi connectivity index (χ0v) is 13.7. The molecule has 0 spiro atoms. The first-order valence-corrected chi connectivity index (χ1v) is 7.43. The third-order valence-corrected chi connectivity index (χ3v) is 3.57. The number of methoxy groups -OCH3 is 1. The van der Waals surface area contributed by atoms with E-state index in [-0.39, 0.29) is 23.6 Å². The summed E-state index contributed by atoms with van der Waals surface area (Å²) >= 11 is 0. The Labute approximate surface area is 144 Å². The summed E-state index contributed by atoms with van der Waals surface area (Å²) in [6.45, 7) is 7.09. The summed E-state index contributed by atoms with van der Waals surface area (Å²) in [5.41, 5.74) is 0.806. The molecule has 1 aromatic rings. The van der Waals surface area contributed by atoms with Crippen LogP contribution in [0, 0.1) is 0 Å². The second-order valence-electron chi connectivity index (χ2n) is 5.25. The fraction of sp³-hybridized carbons (Fsp3) is 0.167. The Balaban J connectivity index is 2.50. The lowest BCUT2D eigenvalue weighted by atomic mass is 10.0. The molecule has 0 bridgehead atoms. The maximum atomic E-state index is 12.4. The van der Waals surface area contributed by atoms with Gasteiger partial charge in [-0.2, -0.15) is 0 Å². The van der Waals surface area contributed by atoms with Crippen molar-refractivity contribution in [2.24, 2.45) is 0 Å². The Morgan fingerprint density at radius 3 is 2.56 bits per heavy atom. The molecule has 1 saturated heterocycles. The second-order valence-corrected chi connectivity index (χ2v) is 5.25. The lowest BCUT2D eigenvalue weighted by molar-refractivity contribution is -0.129. The molecule has 7 nitrogen and oxygen atoms in total. The number of nitrogens with one attached hydrogen (secondary N) is 1. The van der Waals surface area contributed by atoms with Crippen LogP contribution in [0.3, 0.4) is 0 Å². The van der Waals surface area contributed by atoms with Gasteiger partial charge >= 0.3 is 6.03 Å². The van der Waals surface area contributed by atoms with Crippen molar-refractivity contribution in [2.45, 2.75) is 6.42 Å². The van der Waals surface area contributed by atoms with Gasteiger partial charge in [-0.15, -0.1) is 13.2 Å². The van der Waals surface area contributed by atoms with E-state index in [4.69, 9.17) is 4.74 Å². The molecule has 0 aromatic heterocycles. The SMILES string of the molecule is C=CCc1cc(/C=C2/C(=O)NC(=O)N(CC=C)C2=O)cc(OC)c1O. The average molecular weight is 342 g/mol. The highest BCUT2D eigenvalue weighted by molar-refractivity contribution is 6.31. The molecule has 25 heavy (non-hydrogen) atoms. The van der Waals surface area contributed by atoms with Crippen LogP contribution in [-0.2, 0) is 16.0 Å². The van der Waals surface area contributed by atoms with Gasteiger partial charge in [0.1, 0.15) is 5.57 Å². The van der Waals surface area contributed by atoms with E-state index >= 15 is 0 Å². The molecule has 1 aliphatic rings. The van der Waals surface area contributed by atoms with Crippen LogP contribution in [0.5, 0.6) is 11.5 Å². The van der Waals surface area contributed by atoms with Crippen molar-refractivity contribution in [3.63, 3.8) is 0 Å². The highest BCUT2D eigenvalue weighted by Gasteiger charge is 2.34. The number of hydrogen-bond acceptors (Lipinski definition) is 5. The molecule has 0 atom stereocenters. The van der Waals surface area contributed by atoms with E-state index in [0.29, 0.717) is 17.5 Å². The Kier molecular flexibility index (Phi) is 5.38. The molecule has 0 aliphatic carbocycles. The number of aromatic hydroxyl groups is 1. The first-order valence-electron chi connectivity index (χ1n) is 7.43. The number of carbonyl (C=O) groups is 3. The molecule has 1 heterocycles. The van der Waals surface area contributed by atoms with E-state index in [9.17, 15) is 19.5 Å². The molecule has 1 aromatic carbocycles.